The van der Waals surface area contributed by atoms with Crippen molar-refractivity contribution in [2.24, 2.45) is 4.99 Å². The maximum absolute atomic E-state index is 12.1. The van der Waals surface area contributed by atoms with E-state index >= 15 is 0 Å². The van der Waals surface area contributed by atoms with Crippen molar-refractivity contribution in [2.75, 3.05) is 32.4 Å². The van der Waals surface area contributed by atoms with E-state index in [0.29, 0.717) is 18.5 Å². The summed E-state index contributed by atoms with van der Waals surface area (Å²) < 4.78 is 23.5. The Morgan fingerprint density at radius 2 is 1.78 bits per heavy atom. The van der Waals surface area contributed by atoms with Gasteiger partial charge in [-0.15, -0.1) is 0 Å². The zero-order valence-corrected chi connectivity index (χ0v) is 15.7. The molecule has 0 bridgehead atoms. The molecule has 1 saturated heterocycles. The van der Waals surface area contributed by atoms with Gasteiger partial charge in [0.15, 0.2) is 15.8 Å². The molecule has 6 nitrogen and oxygen atoms in total. The number of nitrogens with zero attached hydrogens (tertiary/aromatic N) is 2. The Morgan fingerprint density at radius 1 is 1.17 bits per heavy atom. The van der Waals surface area contributed by atoms with Gasteiger partial charge < -0.3 is 15.5 Å². The van der Waals surface area contributed by atoms with Crippen molar-refractivity contribution in [1.29, 1.82) is 0 Å². The molecule has 1 heterocycles. The first kappa shape index (κ1) is 18.5. The molecule has 0 radical (unpaired) electrons. The lowest BCUT2D eigenvalue weighted by Crippen LogP contribution is -2.50. The number of aliphatic imine (C=N–C) groups is 1. The van der Waals surface area contributed by atoms with Crippen molar-refractivity contribution < 1.29 is 8.42 Å². The fraction of sp³-hybridized carbons (Fsp3) is 0.938. The van der Waals surface area contributed by atoms with Gasteiger partial charge in [-0.3, -0.25) is 4.99 Å². The third-order valence-electron chi connectivity index (χ3n) is 4.75. The number of hydrogen-bond donors (Lipinski definition) is 2. The summed E-state index contributed by atoms with van der Waals surface area (Å²) in [6.45, 7) is 7.91. The molecule has 0 atom stereocenters. The van der Waals surface area contributed by atoms with Crippen LogP contribution in [0.1, 0.15) is 46.5 Å². The summed E-state index contributed by atoms with van der Waals surface area (Å²) in [5.41, 5.74) is 0. The summed E-state index contributed by atoms with van der Waals surface area (Å²) in [6, 6.07) is 1.27. The second-order valence-electron chi connectivity index (χ2n) is 7.62. The minimum absolute atomic E-state index is 0.122. The molecule has 1 aliphatic carbocycles. The van der Waals surface area contributed by atoms with Gasteiger partial charge in [0.25, 0.3) is 0 Å². The highest BCUT2D eigenvalue weighted by Crippen LogP contribution is 2.29. The molecular formula is C16H32N4O2S. The maximum Gasteiger partial charge on any atom is 0.191 e. The average Bonchev–Trinajstić information content (AvgIpc) is 3.30. The Morgan fingerprint density at radius 3 is 2.26 bits per heavy atom. The predicted octanol–water partition coefficient (Wildman–Crippen LogP) is 0.992. The summed E-state index contributed by atoms with van der Waals surface area (Å²) >= 11 is 0. The van der Waals surface area contributed by atoms with Gasteiger partial charge in [0.2, 0.25) is 0 Å². The van der Waals surface area contributed by atoms with E-state index in [1.165, 1.54) is 12.8 Å². The molecule has 134 valence electrons. The lowest BCUT2D eigenvalue weighted by Gasteiger charge is -2.33. The van der Waals surface area contributed by atoms with E-state index < -0.39 is 14.6 Å². The molecule has 0 amide bonds. The van der Waals surface area contributed by atoms with Gasteiger partial charge in [-0.1, -0.05) is 0 Å². The van der Waals surface area contributed by atoms with Crippen LogP contribution in [-0.4, -0.2) is 68.5 Å². The molecule has 2 N–H and O–H groups in total. The summed E-state index contributed by atoms with van der Waals surface area (Å²) in [7, 11) is -1.37. The molecule has 2 rings (SSSR count). The Bertz CT molecular complexity index is 513. The van der Waals surface area contributed by atoms with Crippen LogP contribution in [0.15, 0.2) is 4.99 Å². The van der Waals surface area contributed by atoms with Gasteiger partial charge in [-0.25, -0.2) is 8.42 Å². The molecular weight excluding hydrogens is 312 g/mol. The molecule has 0 aromatic rings. The van der Waals surface area contributed by atoms with Crippen molar-refractivity contribution in [2.45, 2.75) is 63.3 Å². The topological polar surface area (TPSA) is 73.8 Å². The minimum Gasteiger partial charge on any atom is -0.355 e. The monoisotopic (exact) mass is 344 g/mol. The molecule has 2 aliphatic rings. The largest absolute Gasteiger partial charge is 0.355 e. The Kier molecular flexibility index (Phi) is 5.94. The quantitative estimate of drug-likeness (QED) is 0.575. The predicted molar refractivity (Wildman–Crippen MR) is 95.7 cm³/mol. The fourth-order valence-corrected chi connectivity index (χ4v) is 3.83. The zero-order chi connectivity index (χ0) is 17.1. The molecule has 1 saturated carbocycles. The number of nitrogens with one attached hydrogen (secondary N) is 2. The Labute approximate surface area is 141 Å². The highest BCUT2D eigenvalue weighted by Gasteiger charge is 2.32. The first-order valence-electron chi connectivity index (χ1n) is 8.66. The van der Waals surface area contributed by atoms with Gasteiger partial charge in [-0.2, -0.15) is 0 Å². The SMILES string of the molecule is CN=C(NCCS(=O)(=O)C(C)(C)C)NC1CCN(C2CC2)CC1. The van der Waals surface area contributed by atoms with E-state index in [1.54, 1.807) is 27.8 Å². The van der Waals surface area contributed by atoms with E-state index in [2.05, 4.69) is 20.5 Å². The highest BCUT2D eigenvalue weighted by molar-refractivity contribution is 7.92. The normalized spacial score (nSPS) is 22.2. The second kappa shape index (κ2) is 7.38. The fourth-order valence-electron chi connectivity index (χ4n) is 2.85. The highest BCUT2D eigenvalue weighted by atomic mass is 32.2. The maximum atomic E-state index is 12.1. The third kappa shape index (κ3) is 5.35. The van der Waals surface area contributed by atoms with Gasteiger partial charge in [-0.05, 0) is 46.5 Å². The summed E-state index contributed by atoms with van der Waals surface area (Å²) in [6.07, 6.45) is 4.97. The van der Waals surface area contributed by atoms with Crippen molar-refractivity contribution >= 4 is 15.8 Å². The van der Waals surface area contributed by atoms with Crippen molar-refractivity contribution in [3.05, 3.63) is 0 Å². The van der Waals surface area contributed by atoms with Crippen molar-refractivity contribution in [3.8, 4) is 0 Å². The third-order valence-corrected chi connectivity index (χ3v) is 7.36. The van der Waals surface area contributed by atoms with Crippen LogP contribution in [0.5, 0.6) is 0 Å². The van der Waals surface area contributed by atoms with E-state index in [0.717, 1.165) is 32.0 Å². The first-order chi connectivity index (χ1) is 10.7. The number of likely N-dealkylation sites (tertiary alicyclic amines) is 1. The van der Waals surface area contributed by atoms with Crippen LogP contribution in [0.3, 0.4) is 0 Å². The van der Waals surface area contributed by atoms with Crippen LogP contribution in [0.4, 0.5) is 0 Å². The summed E-state index contributed by atoms with van der Waals surface area (Å²) in [4.78, 5) is 6.80. The van der Waals surface area contributed by atoms with Gasteiger partial charge >= 0.3 is 0 Å². The van der Waals surface area contributed by atoms with E-state index in [1.807, 2.05) is 0 Å². The average molecular weight is 345 g/mol. The Balaban J connectivity index is 1.71. The molecule has 0 aromatic heterocycles. The van der Waals surface area contributed by atoms with Gasteiger partial charge in [0.1, 0.15) is 0 Å². The summed E-state index contributed by atoms with van der Waals surface area (Å²) in [5, 5.41) is 6.57. The van der Waals surface area contributed by atoms with Crippen LogP contribution in [-0.2, 0) is 9.84 Å². The lowest BCUT2D eigenvalue weighted by atomic mass is 10.1. The van der Waals surface area contributed by atoms with E-state index in [9.17, 15) is 8.42 Å². The molecule has 0 aromatic carbocycles. The standard InChI is InChI=1S/C16H32N4O2S/c1-16(2,3)23(21,22)12-9-18-15(17-4)19-13-7-10-20(11-8-13)14-5-6-14/h13-14H,5-12H2,1-4H3,(H2,17,18,19). The second-order valence-corrected chi connectivity index (χ2v) is 10.5. The van der Waals surface area contributed by atoms with Crippen LogP contribution in [0.25, 0.3) is 0 Å². The van der Waals surface area contributed by atoms with Gasteiger partial charge in [0, 0.05) is 38.8 Å². The van der Waals surface area contributed by atoms with Crippen LogP contribution in [0, 0.1) is 0 Å². The molecule has 7 heteroatoms. The minimum atomic E-state index is -3.10. The van der Waals surface area contributed by atoms with Crippen molar-refractivity contribution in [1.82, 2.24) is 15.5 Å². The van der Waals surface area contributed by atoms with E-state index in [4.69, 9.17) is 0 Å². The van der Waals surface area contributed by atoms with Crippen LogP contribution < -0.4 is 10.6 Å². The lowest BCUT2D eigenvalue weighted by molar-refractivity contribution is 0.197. The molecule has 2 fully saturated rings. The summed E-state index contributed by atoms with van der Waals surface area (Å²) in [5.74, 6) is 0.830. The number of rotatable bonds is 5. The van der Waals surface area contributed by atoms with Crippen LogP contribution >= 0.6 is 0 Å². The Hall–Kier alpha value is -0.820. The molecule has 0 unspecified atom stereocenters. The zero-order valence-electron chi connectivity index (χ0n) is 14.9. The van der Waals surface area contributed by atoms with E-state index in [-0.39, 0.29) is 5.75 Å². The van der Waals surface area contributed by atoms with Gasteiger partial charge in [0.05, 0.1) is 10.5 Å². The number of hydrogen-bond acceptors (Lipinski definition) is 4. The van der Waals surface area contributed by atoms with Crippen molar-refractivity contribution in [3.63, 3.8) is 0 Å². The number of guanidine groups is 1. The number of sulfone groups is 1. The van der Waals surface area contributed by atoms with Crippen LogP contribution in [0.2, 0.25) is 0 Å². The molecule has 23 heavy (non-hydrogen) atoms. The number of piperidine rings is 1. The smallest absolute Gasteiger partial charge is 0.191 e. The molecule has 0 spiro atoms. The first-order valence-corrected chi connectivity index (χ1v) is 10.3. The molecule has 1 aliphatic heterocycles.